The molecule has 1 aromatic carbocycles. The average molecular weight is 286 g/mol. The molecule has 4 heteroatoms. The topological polar surface area (TPSA) is 48.0 Å². The van der Waals surface area contributed by atoms with Crippen LogP contribution in [-0.4, -0.2) is 4.57 Å². The van der Waals surface area contributed by atoms with Crippen molar-refractivity contribution in [1.29, 1.82) is 0 Å². The lowest BCUT2D eigenvalue weighted by atomic mass is 9.96. The Morgan fingerprint density at radius 1 is 1.24 bits per heavy atom. The molecule has 3 rings (SSSR count). The fraction of sp³-hybridized carbons (Fsp3) is 0.353. The summed E-state index contributed by atoms with van der Waals surface area (Å²) in [4.78, 5) is 12.8. The highest BCUT2D eigenvalue weighted by Gasteiger charge is 2.28. The van der Waals surface area contributed by atoms with E-state index in [0.29, 0.717) is 11.6 Å². The van der Waals surface area contributed by atoms with Crippen molar-refractivity contribution in [2.75, 3.05) is 0 Å². The van der Waals surface area contributed by atoms with Gasteiger partial charge in [-0.2, -0.15) is 0 Å². The van der Waals surface area contributed by atoms with Gasteiger partial charge in [-0.05, 0) is 56.0 Å². The first-order valence-electron chi connectivity index (χ1n) is 7.22. The maximum absolute atomic E-state index is 13.0. The third-order valence-electron chi connectivity index (χ3n) is 4.13. The van der Waals surface area contributed by atoms with E-state index in [9.17, 15) is 9.18 Å². The van der Waals surface area contributed by atoms with Crippen LogP contribution in [0.1, 0.15) is 47.3 Å². The molecular formula is C17H19FN2O. The Morgan fingerprint density at radius 3 is 2.43 bits per heavy atom. The molecule has 1 unspecified atom stereocenters. The molecule has 2 N–H and O–H groups in total. The van der Waals surface area contributed by atoms with E-state index in [2.05, 4.69) is 0 Å². The van der Waals surface area contributed by atoms with E-state index < -0.39 is 6.04 Å². The molecule has 3 nitrogen and oxygen atoms in total. The number of halogens is 1. The van der Waals surface area contributed by atoms with Crippen LogP contribution < -0.4 is 11.3 Å². The van der Waals surface area contributed by atoms with Gasteiger partial charge in [-0.1, -0.05) is 12.1 Å². The third-order valence-corrected chi connectivity index (χ3v) is 4.13. The zero-order chi connectivity index (χ0) is 15.1. The first kappa shape index (κ1) is 14.0. The van der Waals surface area contributed by atoms with E-state index in [1.54, 1.807) is 12.1 Å². The Labute approximate surface area is 123 Å². The van der Waals surface area contributed by atoms with Crippen molar-refractivity contribution < 1.29 is 4.39 Å². The molecule has 0 spiro atoms. The SMILES string of the molecule is Cc1cc(C)n(C2CC2)c(=O)c1C(N)c1ccc(F)cc1. The summed E-state index contributed by atoms with van der Waals surface area (Å²) in [7, 11) is 0. The Balaban J connectivity index is 2.11. The van der Waals surface area contributed by atoms with E-state index in [-0.39, 0.29) is 11.4 Å². The second-order valence-electron chi connectivity index (χ2n) is 5.82. The second-order valence-corrected chi connectivity index (χ2v) is 5.82. The molecule has 2 aromatic rings. The molecule has 1 saturated carbocycles. The van der Waals surface area contributed by atoms with Gasteiger partial charge >= 0.3 is 0 Å². The summed E-state index contributed by atoms with van der Waals surface area (Å²) in [5.41, 5.74) is 9.50. The van der Waals surface area contributed by atoms with E-state index in [1.165, 1.54) is 12.1 Å². The standard InChI is InChI=1S/C17H19FN2O/c1-10-9-11(2)20(14-7-8-14)17(21)15(10)16(19)12-3-5-13(18)6-4-12/h3-6,9,14,16H,7-8,19H2,1-2H3. The molecule has 0 amide bonds. The monoisotopic (exact) mass is 286 g/mol. The molecule has 1 fully saturated rings. The molecule has 21 heavy (non-hydrogen) atoms. The highest BCUT2D eigenvalue weighted by atomic mass is 19.1. The minimum Gasteiger partial charge on any atom is -0.320 e. The van der Waals surface area contributed by atoms with Gasteiger partial charge in [-0.15, -0.1) is 0 Å². The lowest BCUT2D eigenvalue weighted by Crippen LogP contribution is -2.31. The van der Waals surface area contributed by atoms with Gasteiger partial charge in [0.1, 0.15) is 5.82 Å². The minimum absolute atomic E-state index is 0.00757. The van der Waals surface area contributed by atoms with Gasteiger partial charge in [-0.3, -0.25) is 4.79 Å². The van der Waals surface area contributed by atoms with Gasteiger partial charge in [0, 0.05) is 17.3 Å². The van der Waals surface area contributed by atoms with Gasteiger partial charge in [0.15, 0.2) is 0 Å². The van der Waals surface area contributed by atoms with Crippen molar-refractivity contribution in [3.8, 4) is 0 Å². The van der Waals surface area contributed by atoms with Gasteiger partial charge in [0.2, 0.25) is 0 Å². The minimum atomic E-state index is -0.524. The molecule has 0 radical (unpaired) electrons. The maximum atomic E-state index is 13.0. The molecule has 1 aliphatic carbocycles. The summed E-state index contributed by atoms with van der Waals surface area (Å²) in [5, 5.41) is 0. The van der Waals surface area contributed by atoms with E-state index in [4.69, 9.17) is 5.73 Å². The largest absolute Gasteiger partial charge is 0.320 e. The first-order valence-corrected chi connectivity index (χ1v) is 7.22. The van der Waals surface area contributed by atoms with Crippen LogP contribution in [0.5, 0.6) is 0 Å². The summed E-state index contributed by atoms with van der Waals surface area (Å²) in [6.45, 7) is 3.87. The predicted octanol–water partition coefficient (Wildman–Crippen LogP) is 2.99. The fourth-order valence-electron chi connectivity index (χ4n) is 2.92. The third kappa shape index (κ3) is 2.51. The van der Waals surface area contributed by atoms with Crippen LogP contribution in [0.2, 0.25) is 0 Å². The Kier molecular flexibility index (Phi) is 3.41. The Hall–Kier alpha value is -1.94. The quantitative estimate of drug-likeness (QED) is 0.943. The van der Waals surface area contributed by atoms with Gasteiger partial charge in [0.05, 0.1) is 6.04 Å². The normalized spacial score (nSPS) is 16.0. The van der Waals surface area contributed by atoms with Crippen LogP contribution in [0.15, 0.2) is 35.1 Å². The summed E-state index contributed by atoms with van der Waals surface area (Å²) in [6, 6.07) is 7.83. The highest BCUT2D eigenvalue weighted by Crippen LogP contribution is 2.35. The van der Waals surface area contributed by atoms with Crippen LogP contribution in [0.3, 0.4) is 0 Å². The van der Waals surface area contributed by atoms with Crippen LogP contribution >= 0.6 is 0 Å². The molecule has 1 aliphatic rings. The fourth-order valence-corrected chi connectivity index (χ4v) is 2.92. The number of hydrogen-bond donors (Lipinski definition) is 1. The second kappa shape index (κ2) is 5.11. The van der Waals surface area contributed by atoms with Crippen LogP contribution in [0.4, 0.5) is 4.39 Å². The molecule has 0 saturated heterocycles. The molecule has 110 valence electrons. The number of nitrogens with two attached hydrogens (primary N) is 1. The van der Waals surface area contributed by atoms with Gasteiger partial charge < -0.3 is 10.3 Å². The van der Waals surface area contributed by atoms with E-state index in [0.717, 1.165) is 29.7 Å². The number of rotatable bonds is 3. The van der Waals surface area contributed by atoms with Crippen LogP contribution in [-0.2, 0) is 0 Å². The Morgan fingerprint density at radius 2 is 1.86 bits per heavy atom. The number of benzene rings is 1. The molecule has 0 aliphatic heterocycles. The number of nitrogens with zero attached hydrogens (tertiary/aromatic N) is 1. The zero-order valence-corrected chi connectivity index (χ0v) is 12.3. The summed E-state index contributed by atoms with van der Waals surface area (Å²) in [5.74, 6) is -0.304. The van der Waals surface area contributed by atoms with Crippen molar-refractivity contribution in [3.63, 3.8) is 0 Å². The molecular weight excluding hydrogens is 267 g/mol. The molecule has 1 aromatic heterocycles. The van der Waals surface area contributed by atoms with Crippen LogP contribution in [0.25, 0.3) is 0 Å². The van der Waals surface area contributed by atoms with Crippen molar-refractivity contribution in [3.05, 3.63) is 68.9 Å². The summed E-state index contributed by atoms with van der Waals surface area (Å²) < 4.78 is 14.9. The number of aromatic nitrogens is 1. The Bertz CT molecular complexity index is 730. The average Bonchev–Trinajstić information content (AvgIpc) is 3.23. The summed E-state index contributed by atoms with van der Waals surface area (Å²) in [6.07, 6.45) is 2.10. The van der Waals surface area contributed by atoms with E-state index in [1.807, 2.05) is 24.5 Å². The molecule has 1 atom stereocenters. The van der Waals surface area contributed by atoms with Crippen molar-refractivity contribution in [1.82, 2.24) is 4.57 Å². The van der Waals surface area contributed by atoms with Gasteiger partial charge in [-0.25, -0.2) is 4.39 Å². The number of aryl methyl sites for hydroxylation is 2. The zero-order valence-electron chi connectivity index (χ0n) is 12.3. The van der Waals surface area contributed by atoms with Gasteiger partial charge in [0.25, 0.3) is 5.56 Å². The van der Waals surface area contributed by atoms with Crippen molar-refractivity contribution >= 4 is 0 Å². The molecule has 1 heterocycles. The number of hydrogen-bond acceptors (Lipinski definition) is 2. The van der Waals surface area contributed by atoms with Crippen molar-refractivity contribution in [2.45, 2.75) is 38.8 Å². The van der Waals surface area contributed by atoms with E-state index >= 15 is 0 Å². The van der Waals surface area contributed by atoms with Crippen LogP contribution in [0, 0.1) is 19.7 Å². The lowest BCUT2D eigenvalue weighted by Gasteiger charge is -2.18. The summed E-state index contributed by atoms with van der Waals surface area (Å²) >= 11 is 0. The predicted molar refractivity (Wildman–Crippen MR) is 80.9 cm³/mol. The first-order chi connectivity index (χ1) is 9.99. The number of pyridine rings is 1. The maximum Gasteiger partial charge on any atom is 0.256 e. The van der Waals surface area contributed by atoms with Crippen molar-refractivity contribution in [2.24, 2.45) is 5.73 Å². The smallest absolute Gasteiger partial charge is 0.256 e. The highest BCUT2D eigenvalue weighted by molar-refractivity contribution is 5.36. The lowest BCUT2D eigenvalue weighted by molar-refractivity contribution is 0.625. The molecule has 0 bridgehead atoms.